The molecule has 3 nitrogen and oxygen atoms in total. The zero-order valence-electron chi connectivity index (χ0n) is 15.7. The molecule has 0 aliphatic rings. The maximum atomic E-state index is 11.1. The van der Waals surface area contributed by atoms with Crippen LogP contribution in [0.2, 0.25) is 0 Å². The van der Waals surface area contributed by atoms with Gasteiger partial charge in [0.25, 0.3) is 0 Å². The van der Waals surface area contributed by atoms with Crippen molar-refractivity contribution < 1.29 is 28.8 Å². The zero-order valence-corrected chi connectivity index (χ0v) is 15.7. The quantitative estimate of drug-likeness (QED) is 0.359. The first kappa shape index (κ1) is 24.6. The maximum Gasteiger partial charge on any atom is 1.00 e. The molecule has 0 saturated carbocycles. The van der Waals surface area contributed by atoms with E-state index in [1.165, 1.54) is 51.4 Å². The van der Waals surface area contributed by atoms with Gasteiger partial charge in [0.15, 0.2) is 0 Å². The van der Waals surface area contributed by atoms with Gasteiger partial charge in [0.2, 0.25) is 0 Å². The van der Waals surface area contributed by atoms with Gasteiger partial charge >= 0.3 is 18.9 Å². The Morgan fingerprint density at radius 3 is 1.70 bits per heavy atom. The number of rotatable bonds is 14. The number of carboxylic acids is 1. The van der Waals surface area contributed by atoms with Crippen molar-refractivity contribution in [2.24, 2.45) is 0 Å². The smallest absolute Gasteiger partial charge is 0.548 e. The molecule has 1 unspecified atom stereocenters. The van der Waals surface area contributed by atoms with Crippen LogP contribution >= 0.6 is 0 Å². The van der Waals surface area contributed by atoms with Crippen molar-refractivity contribution in [2.75, 3.05) is 0 Å². The van der Waals surface area contributed by atoms with Gasteiger partial charge in [-0.15, -0.1) is 0 Å². The summed E-state index contributed by atoms with van der Waals surface area (Å²) in [5, 5.41) is 11.1. The van der Waals surface area contributed by atoms with Crippen LogP contribution in [0.3, 0.4) is 0 Å². The van der Waals surface area contributed by atoms with Crippen LogP contribution in [0.1, 0.15) is 85.0 Å². The molecule has 0 saturated heterocycles. The molecule has 0 amide bonds. The number of carboxylic acid groups (broad SMARTS) is 1. The average molecular weight is 315 g/mol. The minimum Gasteiger partial charge on any atom is -0.548 e. The first-order valence-corrected chi connectivity index (χ1v) is 8.95. The van der Waals surface area contributed by atoms with E-state index in [4.69, 9.17) is 0 Å². The normalized spacial score (nSPS) is 12.5. The van der Waals surface area contributed by atoms with E-state index >= 15 is 0 Å². The standard InChI is InChI=1S/C19H35NO2.Li/c1-4-6-8-10-12-14-16-20(18(3)19(21)22)17-15-13-11-9-7-5-2;/h14-18H,4-13H2,1-3H3,(H,21,22);/q;+1/p-1/b16-14+,17-15+;. The van der Waals surface area contributed by atoms with Gasteiger partial charge in [-0.1, -0.05) is 64.5 Å². The van der Waals surface area contributed by atoms with E-state index in [1.807, 2.05) is 12.4 Å². The van der Waals surface area contributed by atoms with Crippen molar-refractivity contribution in [3.05, 3.63) is 24.6 Å². The summed E-state index contributed by atoms with van der Waals surface area (Å²) in [4.78, 5) is 12.8. The van der Waals surface area contributed by atoms with Gasteiger partial charge in [-0.05, 0) is 32.6 Å². The Labute approximate surface area is 155 Å². The second kappa shape index (κ2) is 17.7. The average Bonchev–Trinajstić information content (AvgIpc) is 2.51. The summed E-state index contributed by atoms with van der Waals surface area (Å²) >= 11 is 0. The summed E-state index contributed by atoms with van der Waals surface area (Å²) in [5.41, 5.74) is 0. The molecule has 4 heteroatoms. The molecule has 0 radical (unpaired) electrons. The zero-order chi connectivity index (χ0) is 16.6. The predicted molar refractivity (Wildman–Crippen MR) is 92.1 cm³/mol. The Morgan fingerprint density at radius 1 is 0.913 bits per heavy atom. The first-order valence-electron chi connectivity index (χ1n) is 8.95. The van der Waals surface area contributed by atoms with Crippen molar-refractivity contribution in [1.29, 1.82) is 0 Å². The molecule has 0 aliphatic heterocycles. The molecule has 0 spiro atoms. The molecule has 128 valence electrons. The third-order valence-corrected chi connectivity index (χ3v) is 3.79. The number of aliphatic carboxylic acids is 1. The fourth-order valence-electron chi connectivity index (χ4n) is 2.20. The maximum absolute atomic E-state index is 11.1. The number of nitrogens with zero attached hydrogens (tertiary/aromatic N) is 1. The number of carbonyl (C=O) groups is 1. The summed E-state index contributed by atoms with van der Waals surface area (Å²) in [6.45, 7) is 6.06. The van der Waals surface area contributed by atoms with E-state index in [0.29, 0.717) is 0 Å². The van der Waals surface area contributed by atoms with E-state index in [0.717, 1.165) is 12.8 Å². The fraction of sp³-hybridized carbons (Fsp3) is 0.737. The van der Waals surface area contributed by atoms with Gasteiger partial charge in [-0.25, -0.2) is 0 Å². The minimum absolute atomic E-state index is 0. The molecule has 1 atom stereocenters. The molecule has 0 aromatic carbocycles. The summed E-state index contributed by atoms with van der Waals surface area (Å²) < 4.78 is 0. The van der Waals surface area contributed by atoms with Crippen LogP contribution < -0.4 is 24.0 Å². The summed E-state index contributed by atoms with van der Waals surface area (Å²) in [5.74, 6) is -1.04. The van der Waals surface area contributed by atoms with E-state index < -0.39 is 12.0 Å². The minimum atomic E-state index is -1.04. The van der Waals surface area contributed by atoms with Crippen LogP contribution in [0.15, 0.2) is 24.6 Å². The van der Waals surface area contributed by atoms with E-state index in [2.05, 4.69) is 26.0 Å². The fourth-order valence-corrected chi connectivity index (χ4v) is 2.20. The van der Waals surface area contributed by atoms with Crippen LogP contribution in [0.25, 0.3) is 0 Å². The summed E-state index contributed by atoms with van der Waals surface area (Å²) in [6, 6.07) is -0.626. The van der Waals surface area contributed by atoms with Gasteiger partial charge < -0.3 is 14.8 Å². The third kappa shape index (κ3) is 14.7. The predicted octanol–water partition coefficient (Wildman–Crippen LogP) is 1.40. The monoisotopic (exact) mass is 315 g/mol. The third-order valence-electron chi connectivity index (χ3n) is 3.79. The molecule has 23 heavy (non-hydrogen) atoms. The van der Waals surface area contributed by atoms with Crippen molar-refractivity contribution in [1.82, 2.24) is 4.90 Å². The molecule has 0 heterocycles. The first-order chi connectivity index (χ1) is 10.6. The van der Waals surface area contributed by atoms with Gasteiger partial charge in [0.05, 0.1) is 12.0 Å². The van der Waals surface area contributed by atoms with Crippen molar-refractivity contribution in [3.63, 3.8) is 0 Å². The Bertz CT molecular complexity index is 307. The van der Waals surface area contributed by atoms with Gasteiger partial charge in [-0.2, -0.15) is 0 Å². The Hall–Kier alpha value is -0.653. The van der Waals surface area contributed by atoms with Crippen molar-refractivity contribution in [3.8, 4) is 0 Å². The van der Waals surface area contributed by atoms with Gasteiger partial charge in [0, 0.05) is 12.4 Å². The molecular formula is C19H34LiNO2. The van der Waals surface area contributed by atoms with Crippen molar-refractivity contribution >= 4 is 5.97 Å². The van der Waals surface area contributed by atoms with E-state index in [-0.39, 0.29) is 18.9 Å². The molecule has 0 aliphatic carbocycles. The van der Waals surface area contributed by atoms with E-state index in [1.54, 1.807) is 11.8 Å². The van der Waals surface area contributed by atoms with Crippen LogP contribution in [0.4, 0.5) is 0 Å². The molecule has 0 N–H and O–H groups in total. The van der Waals surface area contributed by atoms with Crippen LogP contribution in [0.5, 0.6) is 0 Å². The molecule has 0 aromatic rings. The van der Waals surface area contributed by atoms with Gasteiger partial charge in [-0.3, -0.25) is 0 Å². The van der Waals surface area contributed by atoms with Crippen LogP contribution in [-0.2, 0) is 4.79 Å². The molecule has 0 bridgehead atoms. The molecule has 0 aromatic heterocycles. The molecular weight excluding hydrogens is 281 g/mol. The number of carbonyl (C=O) groups excluding carboxylic acids is 1. The number of hydrogen-bond donors (Lipinski definition) is 0. The number of unbranched alkanes of at least 4 members (excludes halogenated alkanes) is 8. The Kier molecular flexibility index (Phi) is 18.9. The summed E-state index contributed by atoms with van der Waals surface area (Å²) in [6.07, 6.45) is 19.7. The number of allylic oxidation sites excluding steroid dienone is 2. The molecule has 0 rings (SSSR count). The Balaban J connectivity index is 0. The van der Waals surface area contributed by atoms with Crippen LogP contribution in [0, 0.1) is 0 Å². The Morgan fingerprint density at radius 2 is 1.35 bits per heavy atom. The van der Waals surface area contributed by atoms with Gasteiger partial charge in [0.1, 0.15) is 0 Å². The van der Waals surface area contributed by atoms with E-state index in [9.17, 15) is 9.90 Å². The summed E-state index contributed by atoms with van der Waals surface area (Å²) in [7, 11) is 0. The largest absolute Gasteiger partial charge is 1.00 e. The van der Waals surface area contributed by atoms with Crippen molar-refractivity contribution in [2.45, 2.75) is 91.0 Å². The van der Waals surface area contributed by atoms with Crippen LogP contribution in [-0.4, -0.2) is 16.9 Å². The topological polar surface area (TPSA) is 43.4 Å². The SMILES string of the molecule is CCCCCC/C=C/N(/C=C/CCCCCC)C(C)C(=O)[O-].[Li+]. The molecule has 0 fully saturated rings. The number of hydrogen-bond acceptors (Lipinski definition) is 3. The second-order valence-electron chi connectivity index (χ2n) is 5.91. The second-order valence-corrected chi connectivity index (χ2v) is 5.91.